The van der Waals surface area contributed by atoms with Crippen molar-refractivity contribution in [2.45, 2.75) is 161 Å². The molecule has 1 N–H and O–H groups in total. The fraction of sp³-hybridized carbons (Fsp3) is 0.617. The Labute approximate surface area is 382 Å². The van der Waals surface area contributed by atoms with Crippen LogP contribution < -0.4 is 4.74 Å². The lowest BCUT2D eigenvalue weighted by atomic mass is 10.00. The number of rotatable bonds is 24. The van der Waals surface area contributed by atoms with E-state index >= 15 is 0 Å². The number of pyridine rings is 1. The Bertz CT molecular complexity index is 1940. The lowest BCUT2D eigenvalue weighted by molar-refractivity contribution is -0.275. The summed E-state index contributed by atoms with van der Waals surface area (Å²) >= 11 is 4.95. The molecular weight excluding hydrogens is 902 g/mol. The highest BCUT2D eigenvalue weighted by molar-refractivity contribution is 9.10. The van der Waals surface area contributed by atoms with Gasteiger partial charge in [-0.15, -0.1) is 13.2 Å². The maximum atomic E-state index is 13.4. The third kappa shape index (κ3) is 16.5. The van der Waals surface area contributed by atoms with E-state index in [4.69, 9.17) is 19.6 Å². The Hall–Kier alpha value is -3.92. The Morgan fingerprint density at radius 3 is 2.11 bits per heavy atom. The summed E-state index contributed by atoms with van der Waals surface area (Å²) in [4.78, 5) is 49.8. The second-order valence-corrected chi connectivity index (χ2v) is 18.3. The number of unbranched alkanes of at least 4 members (excludes halogenated alkanes) is 14. The van der Waals surface area contributed by atoms with Gasteiger partial charge in [0, 0.05) is 53.7 Å². The Morgan fingerprint density at radius 1 is 0.937 bits per heavy atom. The van der Waals surface area contributed by atoms with Gasteiger partial charge in [0.25, 0.3) is 0 Å². The highest BCUT2D eigenvalue weighted by Crippen LogP contribution is 2.43. The number of aromatic nitrogens is 3. The van der Waals surface area contributed by atoms with Crippen LogP contribution in [0.5, 0.6) is 5.75 Å². The van der Waals surface area contributed by atoms with Crippen molar-refractivity contribution in [3.8, 4) is 11.4 Å². The van der Waals surface area contributed by atoms with E-state index in [1.165, 1.54) is 104 Å². The van der Waals surface area contributed by atoms with Crippen molar-refractivity contribution in [1.82, 2.24) is 14.5 Å². The monoisotopic (exact) mass is 964 g/mol. The number of ether oxygens (including phenoxy) is 3. The molecule has 0 bridgehead atoms. The molecule has 2 aromatic heterocycles. The largest absolute Gasteiger partial charge is 0.573 e. The molecule has 348 valence electrons. The molecule has 1 saturated heterocycles. The molecule has 1 aromatic carbocycles. The van der Waals surface area contributed by atoms with Gasteiger partial charge in [0.05, 0.1) is 28.7 Å². The van der Waals surface area contributed by atoms with Crippen LogP contribution in [-0.2, 0) is 23.9 Å². The van der Waals surface area contributed by atoms with Crippen molar-refractivity contribution in [3.05, 3.63) is 69.5 Å². The zero-order valence-electron chi connectivity index (χ0n) is 37.2. The Balaban J connectivity index is 0.000000369. The predicted molar refractivity (Wildman–Crippen MR) is 244 cm³/mol. The number of esters is 2. The third-order valence-electron chi connectivity index (χ3n) is 11.3. The summed E-state index contributed by atoms with van der Waals surface area (Å²) in [5.74, 6) is -0.348. The molecule has 0 radical (unpaired) electrons. The third-order valence-corrected chi connectivity index (χ3v) is 13.1. The summed E-state index contributed by atoms with van der Waals surface area (Å²) < 4.78 is 57.0. The van der Waals surface area contributed by atoms with Gasteiger partial charge in [-0.3, -0.25) is 24.1 Å². The van der Waals surface area contributed by atoms with Crippen LogP contribution >= 0.6 is 27.7 Å². The number of methoxy groups -OCH3 is 1. The second-order valence-electron chi connectivity index (χ2n) is 16.2. The van der Waals surface area contributed by atoms with Gasteiger partial charge in [-0.25, -0.2) is 9.78 Å². The molecule has 0 aliphatic carbocycles. The molecular formula is C47H64BrF3N4O7S. The number of thioether (sulfide) groups is 1. The van der Waals surface area contributed by atoms with Crippen LogP contribution in [0.15, 0.2) is 46.1 Å². The molecule has 63 heavy (non-hydrogen) atoms. The van der Waals surface area contributed by atoms with E-state index in [1.807, 2.05) is 0 Å². The minimum Gasteiger partial charge on any atom is -0.481 e. The van der Waals surface area contributed by atoms with E-state index in [0.29, 0.717) is 46.3 Å². The fourth-order valence-electron chi connectivity index (χ4n) is 7.97. The number of hydrogen-bond donors (Lipinski definition) is 1. The number of aliphatic carboxylic acids is 1. The number of fused-ring (bicyclic) bond motifs is 3. The normalized spacial score (nSPS) is 16.2. The number of aliphatic imine (C=N–C) groups is 1. The smallest absolute Gasteiger partial charge is 0.481 e. The average Bonchev–Trinajstić information content (AvgIpc) is 3.90. The topological polar surface area (TPSA) is 142 Å². The van der Waals surface area contributed by atoms with E-state index < -0.39 is 36.4 Å². The number of carbonyl (C=O) groups excluding carboxylic acids is 2. The van der Waals surface area contributed by atoms with Gasteiger partial charge in [0.1, 0.15) is 17.6 Å². The standard InChI is InChI=1S/C29H28BrF3N4O5S.C18H36O2/c1-15-13-35-27-21(7-8-22(38)41-26(28(39)40-3)17-9-11-43-14-17)36-23(20-6-4-5-10-34-20)18-12-19(30)25(42-29(31,32)33)16(2)24(18)37(15)27;1-2-3-4-5-6-7-8-9-10-11-12-13-14-15-16-17-18(19)20/h4-6,10,12-13,17,21,26H,7-9,11,14H2,1-3H3;2-17H2,1H3,(H,19,20)/t17?,21-,26?;/m0./s1. The zero-order chi connectivity index (χ0) is 45.8. The van der Waals surface area contributed by atoms with Crippen molar-refractivity contribution >= 4 is 51.3 Å². The first-order chi connectivity index (χ1) is 30.2. The van der Waals surface area contributed by atoms with E-state index in [9.17, 15) is 27.6 Å². The number of imidazole rings is 1. The highest BCUT2D eigenvalue weighted by atomic mass is 79.9. The fourth-order valence-corrected chi connectivity index (χ4v) is 9.86. The number of hydrogen-bond acceptors (Lipinski definition) is 10. The average molecular weight is 966 g/mol. The molecule has 3 atom stereocenters. The van der Waals surface area contributed by atoms with Crippen molar-refractivity contribution in [3.63, 3.8) is 0 Å². The number of halogens is 4. The molecule has 11 nitrogen and oxygen atoms in total. The second kappa shape index (κ2) is 26.8. The molecule has 2 unspecified atom stereocenters. The van der Waals surface area contributed by atoms with Crippen LogP contribution in [-0.4, -0.2) is 74.3 Å². The van der Waals surface area contributed by atoms with Gasteiger partial charge in [0.15, 0.2) is 0 Å². The first-order valence-electron chi connectivity index (χ1n) is 22.5. The van der Waals surface area contributed by atoms with Crippen molar-refractivity contribution in [1.29, 1.82) is 0 Å². The summed E-state index contributed by atoms with van der Waals surface area (Å²) in [6.45, 7) is 5.59. The van der Waals surface area contributed by atoms with E-state index in [0.717, 1.165) is 25.0 Å². The molecule has 2 aliphatic heterocycles. The first-order valence-corrected chi connectivity index (χ1v) is 24.4. The molecule has 3 aromatic rings. The quantitative estimate of drug-likeness (QED) is 0.0681. The Morgan fingerprint density at radius 2 is 1.57 bits per heavy atom. The van der Waals surface area contributed by atoms with Gasteiger partial charge in [0.2, 0.25) is 6.10 Å². The summed E-state index contributed by atoms with van der Waals surface area (Å²) in [6.07, 6.45) is 18.3. The van der Waals surface area contributed by atoms with Crippen LogP contribution in [0.1, 0.15) is 163 Å². The number of carboxylic acid groups (broad SMARTS) is 1. The SMILES string of the molecule is CCCCCCCCCCCCCCCCCC(=O)O.COC(=O)C(OC(=O)CC[C@@H]1N=C(c2ccccn2)c2cc(Br)c(OC(F)(F)F)c(C)c2-n2c(C)cnc21)C1CCSC1. The lowest BCUT2D eigenvalue weighted by Crippen LogP contribution is -2.35. The van der Waals surface area contributed by atoms with Gasteiger partial charge in [-0.2, -0.15) is 11.8 Å². The first kappa shape index (κ1) is 51.7. The number of carboxylic acids is 1. The summed E-state index contributed by atoms with van der Waals surface area (Å²) in [5, 5.41) is 8.52. The van der Waals surface area contributed by atoms with Crippen LogP contribution in [0.2, 0.25) is 0 Å². The molecule has 16 heteroatoms. The Kier molecular flexibility index (Phi) is 22.0. The number of carbonyl (C=O) groups is 3. The number of aryl methyl sites for hydroxylation is 1. The van der Waals surface area contributed by atoms with E-state index in [1.54, 1.807) is 53.8 Å². The molecule has 0 spiro atoms. The van der Waals surface area contributed by atoms with E-state index in [-0.39, 0.29) is 34.5 Å². The minimum absolute atomic E-state index is 0.0879. The molecule has 0 amide bonds. The van der Waals surface area contributed by atoms with Crippen molar-refractivity contribution in [2.75, 3.05) is 18.6 Å². The summed E-state index contributed by atoms with van der Waals surface area (Å²) in [5.41, 5.74) is 2.68. The number of benzene rings is 1. The summed E-state index contributed by atoms with van der Waals surface area (Å²) in [7, 11) is 1.26. The van der Waals surface area contributed by atoms with E-state index in [2.05, 4.69) is 37.6 Å². The lowest BCUT2D eigenvalue weighted by Gasteiger charge is -2.21. The number of alkyl halides is 3. The maximum absolute atomic E-state index is 13.4. The highest BCUT2D eigenvalue weighted by Gasteiger charge is 2.38. The van der Waals surface area contributed by atoms with Gasteiger partial charge < -0.3 is 19.3 Å². The maximum Gasteiger partial charge on any atom is 0.573 e. The summed E-state index contributed by atoms with van der Waals surface area (Å²) in [6, 6.07) is 6.10. The van der Waals surface area contributed by atoms with Crippen molar-refractivity contribution in [2.24, 2.45) is 10.9 Å². The molecule has 5 rings (SSSR count). The van der Waals surface area contributed by atoms with Crippen LogP contribution in [0.25, 0.3) is 5.69 Å². The molecule has 0 saturated carbocycles. The van der Waals surface area contributed by atoms with Crippen LogP contribution in [0.3, 0.4) is 0 Å². The van der Waals surface area contributed by atoms with Gasteiger partial charge in [-0.1, -0.05) is 103 Å². The number of nitrogens with zero attached hydrogens (tertiary/aromatic N) is 4. The van der Waals surface area contributed by atoms with Gasteiger partial charge >= 0.3 is 24.3 Å². The molecule has 2 aliphatic rings. The van der Waals surface area contributed by atoms with Crippen LogP contribution in [0, 0.1) is 19.8 Å². The minimum atomic E-state index is -4.92. The molecule has 1 fully saturated rings. The van der Waals surface area contributed by atoms with Crippen molar-refractivity contribution < 1.29 is 46.9 Å². The molecule has 4 heterocycles. The zero-order valence-corrected chi connectivity index (χ0v) is 39.6. The van der Waals surface area contributed by atoms with Crippen LogP contribution in [0.4, 0.5) is 13.2 Å². The van der Waals surface area contributed by atoms with Gasteiger partial charge in [-0.05, 0) is 73.0 Å². The predicted octanol–water partition coefficient (Wildman–Crippen LogP) is 12.4.